The normalized spacial score (nSPS) is 12.0. The summed E-state index contributed by atoms with van der Waals surface area (Å²) in [7, 11) is -8.02. The molecule has 2 heterocycles. The largest absolute Gasteiger partial charge is 0.361 e. The van der Waals surface area contributed by atoms with Gasteiger partial charge in [0.1, 0.15) is 0 Å². The Bertz CT molecular complexity index is 2590. The molecule has 0 aliphatic rings. The molecule has 0 spiro atoms. The minimum atomic E-state index is -4.01. The van der Waals surface area contributed by atoms with E-state index in [-0.39, 0.29) is 20.9 Å². The number of aromatic nitrogens is 2. The minimum absolute atomic E-state index is 0.0145. The second-order valence-corrected chi connectivity index (χ2v) is 16.5. The van der Waals surface area contributed by atoms with Gasteiger partial charge in [-0.3, -0.25) is 20.4 Å². The molecular weight excluding hydrogens is 725 g/mol. The van der Waals surface area contributed by atoms with Gasteiger partial charge in [0.05, 0.1) is 9.79 Å². The molecule has 0 unspecified atom stereocenters. The first-order valence-electron chi connectivity index (χ1n) is 16.9. The zero-order valence-corrected chi connectivity index (χ0v) is 31.0. The van der Waals surface area contributed by atoms with Crippen LogP contribution in [0.5, 0.6) is 0 Å². The summed E-state index contributed by atoms with van der Waals surface area (Å²) >= 11 is 0. The molecule has 2 amide bonds. The Kier molecular flexibility index (Phi) is 9.68. The fourth-order valence-electron chi connectivity index (χ4n) is 6.25. The van der Waals surface area contributed by atoms with Crippen LogP contribution >= 0.6 is 0 Å². The van der Waals surface area contributed by atoms with Crippen LogP contribution < -0.4 is 20.5 Å². The quantitative estimate of drug-likeness (QED) is 0.0880. The Balaban J connectivity index is 1.21. The minimum Gasteiger partial charge on any atom is -0.361 e. The molecule has 0 saturated heterocycles. The van der Waals surface area contributed by atoms with Gasteiger partial charge in [0, 0.05) is 51.2 Å². The van der Waals surface area contributed by atoms with Gasteiger partial charge in [-0.1, -0.05) is 65.2 Å². The van der Waals surface area contributed by atoms with Crippen molar-refractivity contribution < 1.29 is 26.4 Å². The van der Waals surface area contributed by atoms with Crippen LogP contribution in [0, 0.1) is 20.8 Å². The number of hydrogen-bond acceptors (Lipinski definition) is 6. The number of rotatable bonds is 11. The number of carbonyl (C=O) groups excluding carboxylic acids is 2. The van der Waals surface area contributed by atoms with Gasteiger partial charge >= 0.3 is 0 Å². The van der Waals surface area contributed by atoms with Crippen molar-refractivity contribution in [3.8, 4) is 0 Å². The summed E-state index contributed by atoms with van der Waals surface area (Å²) in [5.41, 5.74) is 12.0. The zero-order valence-electron chi connectivity index (χ0n) is 29.4. The first-order valence-corrected chi connectivity index (χ1v) is 19.8. The van der Waals surface area contributed by atoms with Gasteiger partial charge in [0.25, 0.3) is 31.9 Å². The van der Waals surface area contributed by atoms with Crippen LogP contribution in [0.15, 0.2) is 131 Å². The molecule has 6 N–H and O–H groups in total. The first-order chi connectivity index (χ1) is 25.8. The summed E-state index contributed by atoms with van der Waals surface area (Å²) in [5.74, 6) is -1.69. The average molecular weight is 761 g/mol. The van der Waals surface area contributed by atoms with E-state index in [1.165, 1.54) is 24.3 Å². The Labute approximate surface area is 312 Å². The summed E-state index contributed by atoms with van der Waals surface area (Å²) in [6.45, 7) is 5.68. The highest BCUT2D eigenvalue weighted by Crippen LogP contribution is 2.40. The Morgan fingerprint density at radius 3 is 1.28 bits per heavy atom. The first kappa shape index (κ1) is 36.3. The van der Waals surface area contributed by atoms with E-state index >= 15 is 0 Å². The van der Waals surface area contributed by atoms with Gasteiger partial charge in [-0.15, -0.1) is 9.66 Å². The number of hydrazine groups is 2. The maximum absolute atomic E-state index is 13.3. The predicted molar refractivity (Wildman–Crippen MR) is 207 cm³/mol. The van der Waals surface area contributed by atoms with Crippen LogP contribution in [0.3, 0.4) is 0 Å². The summed E-state index contributed by atoms with van der Waals surface area (Å²) in [4.78, 5) is 37.6. The maximum atomic E-state index is 13.3. The zero-order chi connectivity index (χ0) is 38.2. The maximum Gasteiger partial charge on any atom is 0.266 e. The summed E-state index contributed by atoms with van der Waals surface area (Å²) in [6.07, 6.45) is 3.73. The number of amides is 2. The van der Waals surface area contributed by atoms with E-state index in [9.17, 15) is 26.4 Å². The van der Waals surface area contributed by atoms with Crippen LogP contribution in [0.4, 0.5) is 0 Å². The Morgan fingerprint density at radius 1 is 0.519 bits per heavy atom. The number of aryl methyl sites for hydroxylation is 3. The number of fused-ring (bicyclic) bond motifs is 2. The van der Waals surface area contributed by atoms with Gasteiger partial charge in [-0.25, -0.2) is 16.8 Å². The van der Waals surface area contributed by atoms with Crippen molar-refractivity contribution in [3.05, 3.63) is 166 Å². The lowest BCUT2D eigenvalue weighted by molar-refractivity contribution is 0.0937. The average Bonchev–Trinajstić information content (AvgIpc) is 3.78. The lowest BCUT2D eigenvalue weighted by Gasteiger charge is -2.18. The van der Waals surface area contributed by atoms with Crippen molar-refractivity contribution in [2.75, 3.05) is 0 Å². The molecule has 0 radical (unpaired) electrons. The van der Waals surface area contributed by atoms with E-state index in [4.69, 9.17) is 0 Å². The number of nitrogens with one attached hydrogen (secondary N) is 6. The van der Waals surface area contributed by atoms with Gasteiger partial charge in [-0.05, 0) is 98.1 Å². The second kappa shape index (κ2) is 14.4. The predicted octanol–water partition coefficient (Wildman–Crippen LogP) is 6.00. The number of H-pyrrole nitrogens is 2. The van der Waals surface area contributed by atoms with Crippen molar-refractivity contribution in [2.24, 2.45) is 0 Å². The molecule has 274 valence electrons. The lowest BCUT2D eigenvalue weighted by atomic mass is 9.84. The van der Waals surface area contributed by atoms with Crippen LogP contribution in [0.25, 0.3) is 21.8 Å². The van der Waals surface area contributed by atoms with E-state index in [0.717, 1.165) is 55.2 Å². The molecule has 7 aromatic rings. The van der Waals surface area contributed by atoms with Crippen LogP contribution in [-0.2, 0) is 20.0 Å². The molecule has 2 aromatic heterocycles. The third-order valence-electron chi connectivity index (χ3n) is 9.24. The molecular formula is C40H36N6O6S2. The molecule has 14 heteroatoms. The fraction of sp³-hybridized carbons (Fsp3) is 0.100. The lowest BCUT2D eigenvalue weighted by Crippen LogP contribution is -2.41. The number of hydrogen-bond donors (Lipinski definition) is 6. The van der Waals surface area contributed by atoms with Crippen LogP contribution in [0.1, 0.15) is 60.0 Å². The topological polar surface area (TPSA) is 182 Å². The third-order valence-corrected chi connectivity index (χ3v) is 11.8. The molecule has 54 heavy (non-hydrogen) atoms. The molecule has 5 aromatic carbocycles. The van der Waals surface area contributed by atoms with Gasteiger partial charge in [0.2, 0.25) is 0 Å². The Hall–Kier alpha value is -6.06. The van der Waals surface area contributed by atoms with Crippen LogP contribution in [-0.4, -0.2) is 38.6 Å². The van der Waals surface area contributed by atoms with E-state index < -0.39 is 37.8 Å². The molecule has 7 rings (SSSR count). The molecule has 0 fully saturated rings. The molecule has 0 saturated carbocycles. The molecule has 0 bridgehead atoms. The summed E-state index contributed by atoms with van der Waals surface area (Å²) in [6, 6.07) is 30.7. The monoisotopic (exact) mass is 760 g/mol. The molecule has 0 atom stereocenters. The smallest absolute Gasteiger partial charge is 0.266 e. The molecule has 0 aliphatic heterocycles. The number of aromatic amines is 2. The van der Waals surface area contributed by atoms with Crippen molar-refractivity contribution >= 4 is 53.7 Å². The SMILES string of the molecule is Cc1ccc(C(c2c[nH]c3ccc(C(=O)NNS(=O)(=O)c4ccc(C)cc4)cc23)c2c[nH]c3ccc(C(=O)NNS(=O)(=O)c4ccc(C)cc4)cc23)cc1. The second-order valence-electron chi connectivity index (χ2n) is 13.1. The highest BCUT2D eigenvalue weighted by atomic mass is 32.2. The van der Waals surface area contributed by atoms with Crippen molar-refractivity contribution in [2.45, 2.75) is 36.5 Å². The molecule has 0 aliphatic carbocycles. The summed E-state index contributed by atoms with van der Waals surface area (Å²) < 4.78 is 51.4. The van der Waals surface area contributed by atoms with Gasteiger partial charge in [0.15, 0.2) is 0 Å². The van der Waals surface area contributed by atoms with Crippen molar-refractivity contribution in [1.82, 2.24) is 30.5 Å². The highest BCUT2D eigenvalue weighted by molar-refractivity contribution is 7.89. The van der Waals surface area contributed by atoms with E-state index in [2.05, 4.69) is 30.5 Å². The third kappa shape index (κ3) is 7.40. The van der Waals surface area contributed by atoms with Crippen molar-refractivity contribution in [3.63, 3.8) is 0 Å². The van der Waals surface area contributed by atoms with Gasteiger partial charge < -0.3 is 9.97 Å². The van der Waals surface area contributed by atoms with Crippen molar-refractivity contribution in [1.29, 1.82) is 0 Å². The molecule has 12 nitrogen and oxygen atoms in total. The van der Waals surface area contributed by atoms with E-state index in [1.54, 1.807) is 60.7 Å². The Morgan fingerprint density at radius 2 is 0.889 bits per heavy atom. The van der Waals surface area contributed by atoms with Gasteiger partial charge in [-0.2, -0.15) is 0 Å². The highest BCUT2D eigenvalue weighted by Gasteiger charge is 2.25. The number of benzene rings is 5. The number of carbonyl (C=O) groups is 2. The summed E-state index contributed by atoms with van der Waals surface area (Å²) in [5, 5.41) is 1.45. The fourth-order valence-corrected chi connectivity index (χ4v) is 7.93. The van der Waals surface area contributed by atoms with E-state index in [1.807, 2.05) is 57.4 Å². The number of sulfonamides is 2. The van der Waals surface area contributed by atoms with Crippen LogP contribution in [0.2, 0.25) is 0 Å². The van der Waals surface area contributed by atoms with E-state index in [0.29, 0.717) is 0 Å². The standard InChI is InChI=1S/C40H36N6O6S2/c1-24-4-10-27(11-5-24)38(34-22-41-36-18-12-28(20-32(34)36)39(47)43-45-53(49,50)30-14-6-25(2)7-15-30)35-23-42-37-19-13-29(21-33(35)37)40(48)44-46-54(51,52)31-16-8-26(3)9-17-31/h4-23,38,41-42,45-46H,1-3H3,(H,43,47)(H,44,48).